The molecule has 0 fully saturated rings. The van der Waals surface area contributed by atoms with Crippen molar-refractivity contribution in [3.63, 3.8) is 0 Å². The van der Waals surface area contributed by atoms with Gasteiger partial charge >= 0.3 is 0 Å². The molecule has 0 aliphatic rings. The molecule has 0 radical (unpaired) electrons. The van der Waals surface area contributed by atoms with Gasteiger partial charge < -0.3 is 10.3 Å². The fourth-order valence-electron chi connectivity index (χ4n) is 2.80. The second kappa shape index (κ2) is 7.11. The maximum Gasteiger partial charge on any atom is 0.247 e. The summed E-state index contributed by atoms with van der Waals surface area (Å²) in [6.45, 7) is 0.880. The van der Waals surface area contributed by atoms with E-state index >= 15 is 0 Å². The first-order valence-corrected chi connectivity index (χ1v) is 7.85. The van der Waals surface area contributed by atoms with Gasteiger partial charge in [-0.2, -0.15) is 0 Å². The second-order valence-electron chi connectivity index (χ2n) is 5.49. The molecule has 0 unspecified atom stereocenters. The average Bonchev–Trinajstić information content (AvgIpc) is 2.93. The molecule has 4 heteroatoms. The molecule has 0 spiro atoms. The summed E-state index contributed by atoms with van der Waals surface area (Å²) in [6.07, 6.45) is 3.16. The standard InChI is InChI=1S/C19H20N2O2/c22-14-8-7-13-20-15-21(23)19(17-11-5-2-6-12-17)18(20)16-9-3-1-4-10-16/h1-6,9-12,15,22H,7-8,13-14H2. The van der Waals surface area contributed by atoms with Crippen molar-refractivity contribution in [1.29, 1.82) is 0 Å². The number of aryl methyl sites for hydroxylation is 1. The molecule has 118 valence electrons. The van der Waals surface area contributed by atoms with Gasteiger partial charge in [0, 0.05) is 17.7 Å². The first kappa shape index (κ1) is 15.3. The number of imidazole rings is 1. The molecule has 0 amide bonds. The number of aliphatic hydroxyl groups is 1. The van der Waals surface area contributed by atoms with Crippen molar-refractivity contribution < 1.29 is 9.84 Å². The third-order valence-electron chi connectivity index (χ3n) is 3.88. The smallest absolute Gasteiger partial charge is 0.247 e. The van der Waals surface area contributed by atoms with Crippen LogP contribution in [0.3, 0.4) is 0 Å². The Morgan fingerprint density at radius 1 is 0.870 bits per heavy atom. The zero-order valence-electron chi connectivity index (χ0n) is 12.9. The molecule has 4 nitrogen and oxygen atoms in total. The summed E-state index contributed by atoms with van der Waals surface area (Å²) in [5, 5.41) is 21.5. The maximum atomic E-state index is 12.5. The molecule has 3 aromatic rings. The van der Waals surface area contributed by atoms with Gasteiger partial charge in [0.2, 0.25) is 6.33 Å². The number of aromatic nitrogens is 2. The van der Waals surface area contributed by atoms with Crippen LogP contribution >= 0.6 is 0 Å². The largest absolute Gasteiger partial charge is 0.710 e. The van der Waals surface area contributed by atoms with Crippen LogP contribution in [0.2, 0.25) is 0 Å². The molecule has 1 aromatic heterocycles. The van der Waals surface area contributed by atoms with Crippen molar-refractivity contribution in [2.75, 3.05) is 6.61 Å². The van der Waals surface area contributed by atoms with Gasteiger partial charge in [-0.25, -0.2) is 9.30 Å². The second-order valence-corrected chi connectivity index (χ2v) is 5.49. The minimum Gasteiger partial charge on any atom is -0.710 e. The molecular weight excluding hydrogens is 288 g/mol. The lowest BCUT2D eigenvalue weighted by Gasteiger charge is -2.06. The number of nitrogens with zero attached hydrogens (tertiary/aromatic N) is 2. The van der Waals surface area contributed by atoms with E-state index in [1.54, 1.807) is 6.33 Å². The van der Waals surface area contributed by atoms with Gasteiger partial charge in [-0.1, -0.05) is 60.7 Å². The predicted octanol–water partition coefficient (Wildman–Crippen LogP) is 3.23. The van der Waals surface area contributed by atoms with Crippen LogP contribution in [0.15, 0.2) is 67.0 Å². The molecule has 0 saturated heterocycles. The Hall–Kier alpha value is -2.59. The maximum absolute atomic E-state index is 12.5. The lowest BCUT2D eigenvalue weighted by atomic mass is 10.0. The van der Waals surface area contributed by atoms with E-state index in [-0.39, 0.29) is 6.61 Å². The van der Waals surface area contributed by atoms with Crippen LogP contribution in [0.5, 0.6) is 0 Å². The first-order valence-electron chi connectivity index (χ1n) is 7.85. The van der Waals surface area contributed by atoms with Gasteiger partial charge in [0.1, 0.15) is 0 Å². The zero-order valence-corrected chi connectivity index (χ0v) is 12.9. The fraction of sp³-hybridized carbons (Fsp3) is 0.211. The summed E-state index contributed by atoms with van der Waals surface area (Å²) < 4.78 is 2.93. The summed E-state index contributed by atoms with van der Waals surface area (Å²) >= 11 is 0. The molecule has 1 heterocycles. The van der Waals surface area contributed by atoms with Crippen molar-refractivity contribution in [2.24, 2.45) is 0 Å². The van der Waals surface area contributed by atoms with Gasteiger partial charge in [-0.15, -0.1) is 0 Å². The van der Waals surface area contributed by atoms with E-state index in [0.717, 1.165) is 34.4 Å². The predicted molar refractivity (Wildman–Crippen MR) is 90.6 cm³/mol. The minimum atomic E-state index is 0.171. The quantitative estimate of drug-likeness (QED) is 0.432. The van der Waals surface area contributed by atoms with Gasteiger partial charge in [0.15, 0.2) is 11.4 Å². The van der Waals surface area contributed by atoms with E-state index in [4.69, 9.17) is 5.11 Å². The van der Waals surface area contributed by atoms with Gasteiger partial charge in [0.05, 0.1) is 6.54 Å². The Bertz CT molecular complexity index is 752. The summed E-state index contributed by atoms with van der Waals surface area (Å²) in [7, 11) is 0. The van der Waals surface area contributed by atoms with E-state index in [0.29, 0.717) is 12.2 Å². The number of benzene rings is 2. The van der Waals surface area contributed by atoms with Crippen molar-refractivity contribution in [2.45, 2.75) is 19.4 Å². The number of unbranched alkanes of at least 4 members (excludes halogenated alkanes) is 1. The fourth-order valence-corrected chi connectivity index (χ4v) is 2.80. The van der Waals surface area contributed by atoms with Crippen LogP contribution in [0.25, 0.3) is 22.5 Å². The molecule has 0 saturated carbocycles. The summed E-state index contributed by atoms with van der Waals surface area (Å²) in [5.74, 6) is 0. The van der Waals surface area contributed by atoms with Crippen molar-refractivity contribution in [1.82, 2.24) is 4.57 Å². The van der Waals surface area contributed by atoms with Crippen LogP contribution in [0, 0.1) is 5.21 Å². The van der Waals surface area contributed by atoms with Gasteiger partial charge in [-0.05, 0) is 12.8 Å². The monoisotopic (exact) mass is 308 g/mol. The number of rotatable bonds is 6. The average molecular weight is 308 g/mol. The first-order chi connectivity index (χ1) is 11.3. The third-order valence-corrected chi connectivity index (χ3v) is 3.88. The molecule has 2 aromatic carbocycles. The third kappa shape index (κ3) is 3.27. The molecule has 0 atom stereocenters. The van der Waals surface area contributed by atoms with Crippen molar-refractivity contribution >= 4 is 0 Å². The van der Waals surface area contributed by atoms with E-state index in [2.05, 4.69) is 0 Å². The van der Waals surface area contributed by atoms with Crippen LogP contribution in [-0.4, -0.2) is 16.3 Å². The summed E-state index contributed by atoms with van der Waals surface area (Å²) in [4.78, 5) is 0. The van der Waals surface area contributed by atoms with E-state index < -0.39 is 0 Å². The molecule has 0 aliphatic heterocycles. The lowest BCUT2D eigenvalue weighted by molar-refractivity contribution is -0.593. The van der Waals surface area contributed by atoms with Gasteiger partial charge in [0.25, 0.3) is 0 Å². The van der Waals surface area contributed by atoms with E-state index in [1.807, 2.05) is 65.2 Å². The summed E-state index contributed by atoms with van der Waals surface area (Å²) in [5.41, 5.74) is 3.51. The molecule has 3 rings (SSSR count). The molecular formula is C19H20N2O2. The zero-order chi connectivity index (χ0) is 16.1. The Morgan fingerprint density at radius 3 is 2.09 bits per heavy atom. The highest BCUT2D eigenvalue weighted by Crippen LogP contribution is 2.30. The number of aliphatic hydroxyl groups excluding tert-OH is 1. The number of hydrogen-bond acceptors (Lipinski definition) is 2. The van der Waals surface area contributed by atoms with Crippen LogP contribution in [0.1, 0.15) is 12.8 Å². The van der Waals surface area contributed by atoms with E-state index in [9.17, 15) is 5.21 Å². The van der Waals surface area contributed by atoms with Crippen LogP contribution in [0.4, 0.5) is 0 Å². The van der Waals surface area contributed by atoms with Crippen molar-refractivity contribution in [3.8, 4) is 22.5 Å². The number of hydrogen-bond donors (Lipinski definition) is 1. The Morgan fingerprint density at radius 2 is 1.48 bits per heavy atom. The van der Waals surface area contributed by atoms with Crippen LogP contribution < -0.4 is 4.73 Å². The van der Waals surface area contributed by atoms with Crippen LogP contribution in [-0.2, 0) is 6.54 Å². The molecule has 1 N–H and O–H groups in total. The highest BCUT2D eigenvalue weighted by Gasteiger charge is 2.22. The highest BCUT2D eigenvalue weighted by molar-refractivity contribution is 5.76. The molecule has 23 heavy (non-hydrogen) atoms. The lowest BCUT2D eigenvalue weighted by Crippen LogP contribution is -2.25. The SMILES string of the molecule is [O-][n+]1cn(CCCCO)c(-c2ccccc2)c1-c1ccccc1. The Labute approximate surface area is 135 Å². The highest BCUT2D eigenvalue weighted by atomic mass is 16.5. The topological polar surface area (TPSA) is 52.1 Å². The van der Waals surface area contributed by atoms with Gasteiger partial charge in [-0.3, -0.25) is 0 Å². The Balaban J connectivity index is 2.11. The Kier molecular flexibility index (Phi) is 4.74. The summed E-state index contributed by atoms with van der Waals surface area (Å²) in [6, 6.07) is 19.7. The van der Waals surface area contributed by atoms with E-state index in [1.165, 1.54) is 0 Å². The molecule has 0 aliphatic carbocycles. The molecule has 0 bridgehead atoms. The minimum absolute atomic E-state index is 0.171. The van der Waals surface area contributed by atoms with Crippen molar-refractivity contribution in [3.05, 3.63) is 72.2 Å². The normalized spacial score (nSPS) is 10.8.